The van der Waals surface area contributed by atoms with Gasteiger partial charge in [0, 0.05) is 18.6 Å². The summed E-state index contributed by atoms with van der Waals surface area (Å²) in [5.41, 5.74) is 2.78. The Morgan fingerprint density at radius 3 is 2.24 bits per heavy atom. The minimum atomic E-state index is -3.00. The van der Waals surface area contributed by atoms with Crippen LogP contribution in [-0.2, 0) is 48.3 Å². The van der Waals surface area contributed by atoms with E-state index in [9.17, 15) is 34.2 Å². The van der Waals surface area contributed by atoms with E-state index in [-0.39, 0.29) is 6.42 Å². The molecule has 0 bridgehead atoms. The maximum absolute atomic E-state index is 12.4. The van der Waals surface area contributed by atoms with Crippen LogP contribution in [0.25, 0.3) is 0 Å². The molecular formula is C15H19NO13. The summed E-state index contributed by atoms with van der Waals surface area (Å²) in [6, 6.07) is 0. The van der Waals surface area contributed by atoms with Gasteiger partial charge in [-0.2, -0.15) is 0 Å². The van der Waals surface area contributed by atoms with Crippen molar-refractivity contribution in [1.29, 1.82) is 0 Å². The van der Waals surface area contributed by atoms with Crippen LogP contribution in [-0.4, -0.2) is 69.7 Å². The smallest absolute Gasteiger partial charge is 0.414 e. The second kappa shape index (κ2) is 10.5. The van der Waals surface area contributed by atoms with E-state index in [0.717, 1.165) is 0 Å². The lowest BCUT2D eigenvalue weighted by Gasteiger charge is -2.36. The minimum absolute atomic E-state index is 0.317. The van der Waals surface area contributed by atoms with Crippen LogP contribution in [0.4, 0.5) is 0 Å². The summed E-state index contributed by atoms with van der Waals surface area (Å²) < 4.78 is 4.80. The molecule has 5 N–H and O–H groups in total. The molecule has 1 rings (SSSR count). The first kappa shape index (κ1) is 24.0. The van der Waals surface area contributed by atoms with E-state index in [0.29, 0.717) is 12.2 Å². The number of rotatable bonds is 5. The first-order valence-electron chi connectivity index (χ1n) is 8.05. The molecule has 0 spiro atoms. The van der Waals surface area contributed by atoms with Crippen LogP contribution in [0.5, 0.6) is 0 Å². The van der Waals surface area contributed by atoms with Gasteiger partial charge in [0.1, 0.15) is 6.10 Å². The van der Waals surface area contributed by atoms with Gasteiger partial charge in [-0.05, 0) is 0 Å². The van der Waals surface area contributed by atoms with E-state index in [4.69, 9.17) is 15.6 Å². The molecular weight excluding hydrogens is 402 g/mol. The average molecular weight is 421 g/mol. The fourth-order valence-electron chi connectivity index (χ4n) is 2.07. The molecule has 0 amide bonds. The van der Waals surface area contributed by atoms with E-state index in [1.807, 2.05) is 0 Å². The van der Waals surface area contributed by atoms with Gasteiger partial charge in [-0.1, -0.05) is 6.92 Å². The maximum Gasteiger partial charge on any atom is 0.414 e. The zero-order chi connectivity index (χ0) is 22.2. The number of aliphatic hydroxyl groups excluding tert-OH is 3. The van der Waals surface area contributed by atoms with Gasteiger partial charge in [0.15, 0.2) is 0 Å². The molecule has 1 aliphatic rings. The minimum Gasteiger partial charge on any atom is -0.432 e. The Hall–Kier alpha value is -3.07. The van der Waals surface area contributed by atoms with Crippen LogP contribution in [0.2, 0.25) is 0 Å². The zero-order valence-corrected chi connectivity index (χ0v) is 15.0. The monoisotopic (exact) mass is 421 g/mol. The number of carbonyl (C=O) groups is 5. The van der Waals surface area contributed by atoms with Crippen molar-refractivity contribution in [1.82, 2.24) is 0 Å². The van der Waals surface area contributed by atoms with Gasteiger partial charge < -0.3 is 20.1 Å². The number of hydrogen-bond donors (Lipinski definition) is 4. The van der Waals surface area contributed by atoms with Gasteiger partial charge in [0.2, 0.25) is 0 Å². The van der Waals surface area contributed by atoms with Crippen molar-refractivity contribution in [3.8, 4) is 0 Å². The Labute approximate surface area is 162 Å². The van der Waals surface area contributed by atoms with Crippen molar-refractivity contribution in [3.63, 3.8) is 0 Å². The molecule has 14 heteroatoms. The Bertz CT molecular complexity index is 690. The average Bonchev–Trinajstić information content (AvgIpc) is 2.70. The van der Waals surface area contributed by atoms with E-state index in [1.54, 1.807) is 0 Å². The van der Waals surface area contributed by atoms with Crippen molar-refractivity contribution < 1.29 is 63.6 Å². The van der Waals surface area contributed by atoms with Crippen molar-refractivity contribution in [2.24, 2.45) is 11.7 Å². The molecule has 1 aliphatic heterocycles. The van der Waals surface area contributed by atoms with E-state index in [1.165, 1.54) is 6.92 Å². The quantitative estimate of drug-likeness (QED) is 0.196. The topological polar surface area (TPSA) is 218 Å². The van der Waals surface area contributed by atoms with Gasteiger partial charge in [-0.25, -0.2) is 38.7 Å². The fraction of sp³-hybridized carbons (Fsp3) is 0.533. The molecule has 4 atom stereocenters. The number of esters is 1. The van der Waals surface area contributed by atoms with Crippen LogP contribution in [0.3, 0.4) is 0 Å². The molecule has 162 valence electrons. The zero-order valence-electron chi connectivity index (χ0n) is 15.0. The highest BCUT2D eigenvalue weighted by Crippen LogP contribution is 2.29. The Kier molecular flexibility index (Phi) is 8.65. The second-order valence-corrected chi connectivity index (χ2v) is 5.64. The highest BCUT2D eigenvalue weighted by Gasteiger charge is 2.54. The van der Waals surface area contributed by atoms with Crippen molar-refractivity contribution in [3.05, 3.63) is 12.2 Å². The summed E-state index contributed by atoms with van der Waals surface area (Å²) in [5.74, 6) is -9.00. The highest BCUT2D eigenvalue weighted by atomic mass is 17.2. The van der Waals surface area contributed by atoms with Crippen LogP contribution in [0.1, 0.15) is 19.8 Å². The lowest BCUT2D eigenvalue weighted by molar-refractivity contribution is -0.276. The molecule has 0 saturated carbocycles. The van der Waals surface area contributed by atoms with E-state index >= 15 is 0 Å². The largest absolute Gasteiger partial charge is 0.432 e. The van der Waals surface area contributed by atoms with Gasteiger partial charge in [-0.3, -0.25) is 10.5 Å². The summed E-state index contributed by atoms with van der Waals surface area (Å²) in [4.78, 5) is 75.4. The lowest BCUT2D eigenvalue weighted by Crippen LogP contribution is -2.63. The molecule has 29 heavy (non-hydrogen) atoms. The molecule has 0 aliphatic carbocycles. The van der Waals surface area contributed by atoms with Crippen molar-refractivity contribution >= 4 is 29.8 Å². The molecule has 0 fully saturated rings. The molecule has 0 saturated heterocycles. The van der Waals surface area contributed by atoms with Crippen LogP contribution in [0.15, 0.2) is 12.2 Å². The number of carbonyl (C=O) groups excluding carboxylic acids is 5. The predicted molar refractivity (Wildman–Crippen MR) is 84.0 cm³/mol. The fourth-order valence-corrected chi connectivity index (χ4v) is 2.07. The second-order valence-electron chi connectivity index (χ2n) is 5.64. The molecule has 0 radical (unpaired) electrons. The molecule has 0 aromatic rings. The summed E-state index contributed by atoms with van der Waals surface area (Å²) >= 11 is 0. The number of nitrogens with two attached hydrogens (primary N) is 1. The van der Waals surface area contributed by atoms with Crippen molar-refractivity contribution in [2.45, 2.75) is 37.7 Å². The summed E-state index contributed by atoms with van der Waals surface area (Å²) in [7, 11) is 0. The van der Waals surface area contributed by atoms with Crippen LogP contribution in [0, 0.1) is 5.92 Å². The van der Waals surface area contributed by atoms with Gasteiger partial charge in [0.05, 0.1) is 25.0 Å². The van der Waals surface area contributed by atoms with E-state index in [2.05, 4.69) is 19.6 Å². The molecule has 14 nitrogen and oxygen atoms in total. The van der Waals surface area contributed by atoms with Gasteiger partial charge in [-0.15, -0.1) is 0 Å². The van der Waals surface area contributed by atoms with Crippen molar-refractivity contribution in [2.75, 3.05) is 6.61 Å². The Balaban J connectivity index is 3.41. The molecule has 3 unspecified atom stereocenters. The highest BCUT2D eigenvalue weighted by molar-refractivity contribution is 5.92. The standard InChI is InChI=1S/C15H19NO13/c1-2-9(19)25-15(16)7(13(23)8(18)6-17)5-12(22)28-26-10(20)3-4-11(21)27-29-14(15)24/h3-4,7-8,13,17-18,23H,2,5-6,16H2,1H3/b4-3-/t7?,8?,13?,15-/m1/s1. The summed E-state index contributed by atoms with van der Waals surface area (Å²) in [6.07, 6.45) is -4.61. The Morgan fingerprint density at radius 1 is 1.17 bits per heavy atom. The number of hydrogen-bond acceptors (Lipinski definition) is 14. The SMILES string of the molecule is CCC(=O)O[C@@]1(N)C(=O)OOC(=O)/C=C\C(=O)OOC(=O)CC1C(O)C(O)CO. The van der Waals surface area contributed by atoms with Gasteiger partial charge >= 0.3 is 29.8 Å². The summed E-state index contributed by atoms with van der Waals surface area (Å²) in [5, 5.41) is 29.0. The normalized spacial score (nSPS) is 26.9. The van der Waals surface area contributed by atoms with E-state index < -0.39 is 66.7 Å². The molecule has 0 aromatic heterocycles. The molecule has 1 heterocycles. The Morgan fingerprint density at radius 2 is 1.72 bits per heavy atom. The maximum atomic E-state index is 12.4. The third-order valence-electron chi connectivity index (χ3n) is 3.59. The summed E-state index contributed by atoms with van der Waals surface area (Å²) in [6.45, 7) is 0.274. The third kappa shape index (κ3) is 6.49. The number of ether oxygens (including phenoxy) is 1. The number of aliphatic hydroxyl groups is 3. The first-order chi connectivity index (χ1) is 13.5. The lowest BCUT2D eigenvalue weighted by atomic mass is 9.84. The third-order valence-corrected chi connectivity index (χ3v) is 3.59. The first-order valence-corrected chi connectivity index (χ1v) is 8.05. The van der Waals surface area contributed by atoms with Crippen LogP contribution < -0.4 is 5.73 Å². The van der Waals surface area contributed by atoms with Gasteiger partial charge in [0.25, 0.3) is 5.72 Å². The van der Waals surface area contributed by atoms with Crippen LogP contribution >= 0.6 is 0 Å². The molecule has 0 aromatic carbocycles. The predicted octanol–water partition coefficient (Wildman–Crippen LogP) is -3.11.